The van der Waals surface area contributed by atoms with Crippen molar-refractivity contribution in [3.63, 3.8) is 0 Å². The fourth-order valence-electron chi connectivity index (χ4n) is 2.90. The molecule has 0 aliphatic rings. The van der Waals surface area contributed by atoms with Gasteiger partial charge in [-0.05, 0) is 50.6 Å². The molecule has 0 N–H and O–H groups in total. The Kier molecular flexibility index (Phi) is 5.06. The summed E-state index contributed by atoms with van der Waals surface area (Å²) in [7, 11) is 0. The summed E-state index contributed by atoms with van der Waals surface area (Å²) in [5.74, 6) is 0. The Morgan fingerprint density at radius 3 is 2.52 bits per heavy atom. The number of nitro benzene ring substituents is 1. The highest BCUT2D eigenvalue weighted by Crippen LogP contribution is 2.35. The van der Waals surface area contributed by atoms with E-state index in [1.165, 1.54) is 10.6 Å². The van der Waals surface area contributed by atoms with E-state index in [1.54, 1.807) is 45.0 Å². The molecule has 0 radical (unpaired) electrons. The average Bonchev–Trinajstić information content (AvgIpc) is 2.98. The summed E-state index contributed by atoms with van der Waals surface area (Å²) >= 11 is 3.43. The monoisotopic (exact) mass is 430 g/mol. The zero-order valence-corrected chi connectivity index (χ0v) is 16.8. The molecule has 1 heterocycles. The molecule has 0 atom stereocenters. The molecule has 7 heteroatoms. The van der Waals surface area contributed by atoms with Gasteiger partial charge >= 0.3 is 6.09 Å². The predicted octanol–water partition coefficient (Wildman–Crippen LogP) is 5.89. The van der Waals surface area contributed by atoms with Gasteiger partial charge in [0.25, 0.3) is 5.69 Å². The van der Waals surface area contributed by atoms with Gasteiger partial charge in [-0.15, -0.1) is 0 Å². The van der Waals surface area contributed by atoms with Gasteiger partial charge in [0.1, 0.15) is 5.60 Å². The van der Waals surface area contributed by atoms with E-state index in [0.29, 0.717) is 22.1 Å². The summed E-state index contributed by atoms with van der Waals surface area (Å²) in [5, 5.41) is 13.0. The van der Waals surface area contributed by atoms with Crippen LogP contribution in [-0.2, 0) is 10.1 Å². The number of hydrogen-bond acceptors (Lipinski definition) is 4. The number of para-hydroxylation sites is 1. The smallest absolute Gasteiger partial charge is 0.419 e. The van der Waals surface area contributed by atoms with Crippen LogP contribution in [0.5, 0.6) is 0 Å². The molecule has 0 saturated heterocycles. The number of alkyl halides is 1. The number of fused-ring (bicyclic) bond motifs is 1. The van der Waals surface area contributed by atoms with Crippen molar-refractivity contribution in [1.82, 2.24) is 4.57 Å². The van der Waals surface area contributed by atoms with Crippen LogP contribution < -0.4 is 0 Å². The number of hydrogen-bond donors (Lipinski definition) is 0. The molecule has 27 heavy (non-hydrogen) atoms. The Balaban J connectivity index is 2.30. The van der Waals surface area contributed by atoms with Gasteiger partial charge < -0.3 is 4.74 Å². The fourth-order valence-corrected chi connectivity index (χ4v) is 3.25. The lowest BCUT2D eigenvalue weighted by Gasteiger charge is -2.21. The molecule has 3 aromatic rings. The Morgan fingerprint density at radius 2 is 1.89 bits per heavy atom. The summed E-state index contributed by atoms with van der Waals surface area (Å²) in [6.07, 6.45) is -0.572. The number of nitrogens with zero attached hydrogens (tertiary/aromatic N) is 2. The zero-order valence-electron chi connectivity index (χ0n) is 15.2. The van der Waals surface area contributed by atoms with Crippen molar-refractivity contribution < 1.29 is 14.5 Å². The van der Waals surface area contributed by atoms with Gasteiger partial charge in [0, 0.05) is 16.8 Å². The van der Waals surface area contributed by atoms with Crippen molar-refractivity contribution in [3.05, 3.63) is 64.2 Å². The van der Waals surface area contributed by atoms with Crippen LogP contribution >= 0.6 is 15.9 Å². The van der Waals surface area contributed by atoms with Crippen LogP contribution in [0.2, 0.25) is 0 Å². The predicted molar refractivity (Wildman–Crippen MR) is 108 cm³/mol. The Morgan fingerprint density at radius 1 is 1.19 bits per heavy atom. The van der Waals surface area contributed by atoms with E-state index >= 15 is 0 Å². The maximum atomic E-state index is 12.9. The number of aromatic nitrogens is 1. The van der Waals surface area contributed by atoms with E-state index in [9.17, 15) is 14.9 Å². The first-order chi connectivity index (χ1) is 12.7. The molecule has 140 valence electrons. The minimum Gasteiger partial charge on any atom is -0.443 e. The molecule has 6 nitrogen and oxygen atoms in total. The third kappa shape index (κ3) is 3.88. The highest BCUT2D eigenvalue weighted by molar-refractivity contribution is 9.08. The number of carbonyl (C=O) groups excluding carboxylic acids is 1. The van der Waals surface area contributed by atoms with Gasteiger partial charge in [-0.3, -0.25) is 10.1 Å². The zero-order chi connectivity index (χ0) is 19.8. The maximum Gasteiger partial charge on any atom is 0.419 e. The minimum atomic E-state index is -0.691. The molecular formula is C20H19BrN2O4. The number of rotatable bonds is 3. The second kappa shape index (κ2) is 7.15. The largest absolute Gasteiger partial charge is 0.443 e. The van der Waals surface area contributed by atoms with E-state index in [2.05, 4.69) is 15.9 Å². The van der Waals surface area contributed by atoms with Crippen LogP contribution in [0.1, 0.15) is 26.3 Å². The molecule has 1 aromatic heterocycles. The van der Waals surface area contributed by atoms with Gasteiger partial charge in [-0.1, -0.05) is 34.1 Å². The summed E-state index contributed by atoms with van der Waals surface area (Å²) in [6.45, 7) is 5.35. The number of ether oxygens (including phenoxy) is 1. The minimum absolute atomic E-state index is 0.0640. The highest BCUT2D eigenvalue weighted by Gasteiger charge is 2.26. The third-order valence-corrected chi connectivity index (χ3v) is 4.62. The van der Waals surface area contributed by atoms with E-state index in [4.69, 9.17) is 4.74 Å². The molecule has 0 bridgehead atoms. The van der Waals surface area contributed by atoms with Crippen molar-refractivity contribution in [2.24, 2.45) is 0 Å². The molecule has 0 unspecified atom stereocenters. The number of nitro groups is 1. The van der Waals surface area contributed by atoms with Gasteiger partial charge in [-0.2, -0.15) is 0 Å². The van der Waals surface area contributed by atoms with Crippen molar-refractivity contribution in [1.29, 1.82) is 0 Å². The van der Waals surface area contributed by atoms with Crippen LogP contribution in [0.25, 0.3) is 22.2 Å². The second-order valence-electron chi connectivity index (χ2n) is 7.15. The molecule has 0 saturated carbocycles. The average molecular weight is 431 g/mol. The van der Waals surface area contributed by atoms with Crippen LogP contribution in [-0.4, -0.2) is 21.2 Å². The van der Waals surface area contributed by atoms with E-state index < -0.39 is 16.6 Å². The molecule has 0 aliphatic heterocycles. The topological polar surface area (TPSA) is 74.4 Å². The van der Waals surface area contributed by atoms with Gasteiger partial charge in [0.2, 0.25) is 0 Å². The van der Waals surface area contributed by atoms with Crippen molar-refractivity contribution in [2.45, 2.75) is 31.7 Å². The third-order valence-electron chi connectivity index (χ3n) is 3.97. The van der Waals surface area contributed by atoms with Crippen LogP contribution in [0.15, 0.2) is 48.5 Å². The number of benzene rings is 2. The summed E-state index contributed by atoms with van der Waals surface area (Å²) in [4.78, 5) is 24.0. The van der Waals surface area contributed by atoms with E-state index in [1.807, 2.05) is 18.2 Å². The molecule has 0 spiro atoms. The first kappa shape index (κ1) is 19.1. The van der Waals surface area contributed by atoms with E-state index in [-0.39, 0.29) is 5.69 Å². The summed E-state index contributed by atoms with van der Waals surface area (Å²) in [5.41, 5.74) is 1.72. The van der Waals surface area contributed by atoms with Gasteiger partial charge in [0.05, 0.1) is 21.7 Å². The Labute approximate surface area is 165 Å². The van der Waals surface area contributed by atoms with E-state index in [0.717, 1.165) is 10.9 Å². The van der Waals surface area contributed by atoms with Gasteiger partial charge in [0.15, 0.2) is 0 Å². The first-order valence-corrected chi connectivity index (χ1v) is 9.51. The fraction of sp³-hybridized carbons (Fsp3) is 0.250. The molecule has 0 amide bonds. The molecular weight excluding hydrogens is 412 g/mol. The lowest BCUT2D eigenvalue weighted by atomic mass is 10.1. The number of halogens is 1. The lowest BCUT2D eigenvalue weighted by molar-refractivity contribution is -0.384. The standard InChI is InChI=1S/C20H19BrN2O4/c1-20(2,3)27-19(24)22-16-9-8-13(12-21)10-14(16)11-18(22)15-6-4-5-7-17(15)23(25)26/h4-11H,12H2,1-3H3. The second-order valence-corrected chi connectivity index (χ2v) is 7.71. The normalized spacial score (nSPS) is 11.6. The van der Waals surface area contributed by atoms with Gasteiger partial charge in [-0.25, -0.2) is 9.36 Å². The van der Waals surface area contributed by atoms with Crippen molar-refractivity contribution in [3.8, 4) is 11.3 Å². The summed E-state index contributed by atoms with van der Waals surface area (Å²) < 4.78 is 6.96. The van der Waals surface area contributed by atoms with Crippen LogP contribution in [0.3, 0.4) is 0 Å². The Hall–Kier alpha value is -2.67. The SMILES string of the molecule is CC(C)(C)OC(=O)n1c(-c2ccccc2[N+](=O)[O-])cc2cc(CBr)ccc21. The summed E-state index contributed by atoms with van der Waals surface area (Å²) in [6, 6.07) is 13.8. The molecule has 2 aromatic carbocycles. The first-order valence-electron chi connectivity index (χ1n) is 8.39. The highest BCUT2D eigenvalue weighted by atomic mass is 79.9. The lowest BCUT2D eigenvalue weighted by Crippen LogP contribution is -2.27. The molecule has 0 fully saturated rings. The van der Waals surface area contributed by atoms with Crippen molar-refractivity contribution >= 4 is 38.6 Å². The van der Waals surface area contributed by atoms with Crippen LogP contribution in [0, 0.1) is 10.1 Å². The number of carbonyl (C=O) groups is 1. The van der Waals surface area contributed by atoms with Crippen LogP contribution in [0.4, 0.5) is 10.5 Å². The molecule has 3 rings (SSSR count). The quantitative estimate of drug-likeness (QED) is 0.294. The molecule has 0 aliphatic carbocycles. The Bertz CT molecular complexity index is 1030. The maximum absolute atomic E-state index is 12.9. The van der Waals surface area contributed by atoms with Crippen molar-refractivity contribution in [2.75, 3.05) is 0 Å².